The van der Waals surface area contributed by atoms with Crippen molar-refractivity contribution < 1.29 is 19.0 Å². The van der Waals surface area contributed by atoms with Crippen molar-refractivity contribution in [2.45, 2.75) is 58.3 Å². The van der Waals surface area contributed by atoms with Crippen molar-refractivity contribution in [3.05, 3.63) is 0 Å². The van der Waals surface area contributed by atoms with Gasteiger partial charge in [-0.05, 0) is 33.1 Å². The van der Waals surface area contributed by atoms with Gasteiger partial charge in [-0.15, -0.1) is 0 Å². The molecule has 1 aliphatic heterocycles. The van der Waals surface area contributed by atoms with Crippen LogP contribution in [0.25, 0.3) is 0 Å². The van der Waals surface area contributed by atoms with Crippen LogP contribution >= 0.6 is 0 Å². The number of carbonyl (C=O) groups is 1. The molecule has 1 fully saturated rings. The molecule has 0 unspecified atom stereocenters. The highest BCUT2D eigenvalue weighted by molar-refractivity contribution is 5.68. The summed E-state index contributed by atoms with van der Waals surface area (Å²) in [6.45, 7) is 6.84. The molecule has 0 aromatic rings. The quantitative estimate of drug-likeness (QED) is 0.518. The van der Waals surface area contributed by atoms with E-state index in [0.717, 1.165) is 19.3 Å². The van der Waals surface area contributed by atoms with Crippen molar-refractivity contribution in [3.8, 4) is 0 Å². The fourth-order valence-electron chi connectivity index (χ4n) is 1.67. The van der Waals surface area contributed by atoms with Gasteiger partial charge in [-0.1, -0.05) is 6.92 Å². The molecule has 0 amide bonds. The molecule has 0 aliphatic carbocycles. The van der Waals surface area contributed by atoms with Gasteiger partial charge in [-0.3, -0.25) is 4.79 Å². The maximum Gasteiger partial charge on any atom is 0.305 e. The van der Waals surface area contributed by atoms with Crippen molar-refractivity contribution in [2.75, 3.05) is 13.2 Å². The zero-order valence-electron chi connectivity index (χ0n) is 10.5. The second-order valence-electron chi connectivity index (χ2n) is 4.52. The number of unbranched alkanes of at least 4 members (excludes halogenated alkanes) is 1. The maximum atomic E-state index is 10.8. The van der Waals surface area contributed by atoms with E-state index in [1.165, 1.54) is 0 Å². The van der Waals surface area contributed by atoms with Crippen LogP contribution in [0.3, 0.4) is 0 Å². The molecule has 0 aromatic carbocycles. The summed E-state index contributed by atoms with van der Waals surface area (Å²) in [4.78, 5) is 10.8. The molecule has 1 atom stereocenters. The van der Waals surface area contributed by atoms with Crippen LogP contribution in [0.5, 0.6) is 0 Å². The topological polar surface area (TPSA) is 44.8 Å². The van der Waals surface area contributed by atoms with Gasteiger partial charge in [0.2, 0.25) is 0 Å². The lowest BCUT2D eigenvalue weighted by atomic mass is 10.2. The van der Waals surface area contributed by atoms with E-state index >= 15 is 0 Å². The van der Waals surface area contributed by atoms with Gasteiger partial charge in [0, 0.05) is 6.42 Å². The lowest BCUT2D eigenvalue weighted by Gasteiger charge is -2.16. The summed E-state index contributed by atoms with van der Waals surface area (Å²) in [6.07, 6.45) is 3.51. The summed E-state index contributed by atoms with van der Waals surface area (Å²) < 4.78 is 16.1. The molecular weight excluding hydrogens is 208 g/mol. The number of carbonyl (C=O) groups excluding carboxylic acids is 1. The minimum absolute atomic E-state index is 0.124. The van der Waals surface area contributed by atoms with Crippen molar-refractivity contribution >= 4 is 5.97 Å². The number of ether oxygens (including phenoxy) is 3. The molecule has 0 N–H and O–H groups in total. The van der Waals surface area contributed by atoms with Crippen LogP contribution in [0.2, 0.25) is 0 Å². The lowest BCUT2D eigenvalue weighted by molar-refractivity contribution is -0.143. The summed E-state index contributed by atoms with van der Waals surface area (Å²) in [7, 11) is 0. The highest BCUT2D eigenvalue weighted by Gasteiger charge is 2.31. The Morgan fingerprint density at radius 1 is 1.44 bits per heavy atom. The number of rotatable bonds is 6. The fraction of sp³-hybridized carbons (Fsp3) is 0.917. The summed E-state index contributed by atoms with van der Waals surface area (Å²) >= 11 is 0. The molecule has 0 aromatic heterocycles. The van der Waals surface area contributed by atoms with E-state index in [2.05, 4.69) is 0 Å². The van der Waals surface area contributed by atoms with Crippen LogP contribution < -0.4 is 0 Å². The molecule has 1 aliphatic rings. The van der Waals surface area contributed by atoms with Gasteiger partial charge >= 0.3 is 5.97 Å². The molecule has 16 heavy (non-hydrogen) atoms. The highest BCUT2D eigenvalue weighted by Crippen LogP contribution is 2.24. The van der Waals surface area contributed by atoms with E-state index < -0.39 is 5.79 Å². The van der Waals surface area contributed by atoms with Crippen molar-refractivity contribution in [1.29, 1.82) is 0 Å². The van der Waals surface area contributed by atoms with Crippen LogP contribution in [-0.4, -0.2) is 31.1 Å². The van der Waals surface area contributed by atoms with Gasteiger partial charge < -0.3 is 14.2 Å². The first-order valence-corrected chi connectivity index (χ1v) is 6.01. The smallest absolute Gasteiger partial charge is 0.305 e. The Balaban J connectivity index is 1.98. The number of hydrogen-bond donors (Lipinski definition) is 0. The molecule has 0 saturated carbocycles. The molecule has 0 radical (unpaired) electrons. The Bertz CT molecular complexity index is 225. The predicted molar refractivity (Wildman–Crippen MR) is 60.0 cm³/mol. The molecule has 1 saturated heterocycles. The van der Waals surface area contributed by atoms with Gasteiger partial charge in [-0.25, -0.2) is 0 Å². The van der Waals surface area contributed by atoms with Gasteiger partial charge in [0.15, 0.2) is 5.79 Å². The highest BCUT2D eigenvalue weighted by atomic mass is 16.7. The Morgan fingerprint density at radius 3 is 2.75 bits per heavy atom. The maximum absolute atomic E-state index is 10.8. The van der Waals surface area contributed by atoms with Crippen molar-refractivity contribution in [1.82, 2.24) is 0 Å². The van der Waals surface area contributed by atoms with Crippen LogP contribution in [0.1, 0.15) is 46.5 Å². The van der Waals surface area contributed by atoms with Gasteiger partial charge in [0.1, 0.15) is 0 Å². The van der Waals surface area contributed by atoms with E-state index in [0.29, 0.717) is 19.6 Å². The van der Waals surface area contributed by atoms with Crippen LogP contribution in [0.15, 0.2) is 0 Å². The fourth-order valence-corrected chi connectivity index (χ4v) is 1.67. The minimum Gasteiger partial charge on any atom is -0.466 e. The third-order valence-electron chi connectivity index (χ3n) is 2.54. The summed E-state index contributed by atoms with van der Waals surface area (Å²) in [5.41, 5.74) is 0. The monoisotopic (exact) mass is 230 g/mol. The summed E-state index contributed by atoms with van der Waals surface area (Å²) in [6, 6.07) is 0. The Hall–Kier alpha value is -0.610. The van der Waals surface area contributed by atoms with Gasteiger partial charge in [-0.2, -0.15) is 0 Å². The largest absolute Gasteiger partial charge is 0.466 e. The first-order valence-electron chi connectivity index (χ1n) is 6.01. The predicted octanol–water partition coefficient (Wildman–Crippen LogP) is 2.26. The molecule has 4 nitrogen and oxygen atoms in total. The average molecular weight is 230 g/mol. The zero-order chi connectivity index (χ0) is 12.0. The third kappa shape index (κ3) is 4.94. The summed E-state index contributed by atoms with van der Waals surface area (Å²) in [5.74, 6) is -0.555. The van der Waals surface area contributed by atoms with Crippen LogP contribution in [0, 0.1) is 0 Å². The molecule has 1 rings (SSSR count). The Labute approximate surface area is 97.2 Å². The van der Waals surface area contributed by atoms with Gasteiger partial charge in [0.05, 0.1) is 19.3 Å². The average Bonchev–Trinajstić information content (AvgIpc) is 2.57. The number of hydrogen-bond acceptors (Lipinski definition) is 4. The molecule has 0 bridgehead atoms. The standard InChI is InChI=1S/C12H22O4/c1-4-11(13)14-8-6-5-7-10-9-15-12(2,3)16-10/h10H,4-9H2,1-3H3/t10-/m0/s1. The van der Waals surface area contributed by atoms with Crippen molar-refractivity contribution in [3.63, 3.8) is 0 Å². The SMILES string of the molecule is CCC(=O)OCCCC[C@H]1COC(C)(C)O1. The van der Waals surface area contributed by atoms with E-state index in [1.807, 2.05) is 13.8 Å². The molecular formula is C12H22O4. The van der Waals surface area contributed by atoms with E-state index in [1.54, 1.807) is 6.92 Å². The summed E-state index contributed by atoms with van der Waals surface area (Å²) in [5, 5.41) is 0. The van der Waals surface area contributed by atoms with Crippen LogP contribution in [-0.2, 0) is 19.0 Å². The Morgan fingerprint density at radius 2 is 2.19 bits per heavy atom. The van der Waals surface area contributed by atoms with E-state index in [4.69, 9.17) is 14.2 Å². The van der Waals surface area contributed by atoms with E-state index in [9.17, 15) is 4.79 Å². The van der Waals surface area contributed by atoms with Crippen molar-refractivity contribution in [2.24, 2.45) is 0 Å². The normalized spacial score (nSPS) is 23.3. The van der Waals surface area contributed by atoms with Gasteiger partial charge in [0.25, 0.3) is 0 Å². The molecule has 94 valence electrons. The Kier molecular flexibility index (Phi) is 5.22. The molecule has 1 heterocycles. The molecule has 4 heteroatoms. The van der Waals surface area contributed by atoms with Crippen LogP contribution in [0.4, 0.5) is 0 Å². The third-order valence-corrected chi connectivity index (χ3v) is 2.54. The number of esters is 1. The molecule has 0 spiro atoms. The zero-order valence-corrected chi connectivity index (χ0v) is 10.5. The first-order chi connectivity index (χ1) is 7.53. The second kappa shape index (κ2) is 6.21. The minimum atomic E-state index is -0.431. The lowest BCUT2D eigenvalue weighted by Crippen LogP contribution is -2.21. The second-order valence-corrected chi connectivity index (χ2v) is 4.52. The first kappa shape index (κ1) is 13.5. The van der Waals surface area contributed by atoms with E-state index in [-0.39, 0.29) is 12.1 Å².